The lowest BCUT2D eigenvalue weighted by atomic mass is 9.95. The molecule has 0 amide bonds. The first-order valence-electron chi connectivity index (χ1n) is 5.19. The highest BCUT2D eigenvalue weighted by Crippen LogP contribution is 2.39. The molecule has 0 aromatic carbocycles. The fourth-order valence-corrected chi connectivity index (χ4v) is 1.40. The zero-order valence-corrected chi connectivity index (χ0v) is 9.56. The Bertz CT molecular complexity index is 248. The molecule has 16 heavy (non-hydrogen) atoms. The second-order valence-electron chi connectivity index (χ2n) is 3.64. The van der Waals surface area contributed by atoms with Crippen LogP contribution in [0.4, 0.5) is 13.2 Å². The van der Waals surface area contributed by atoms with Crippen LogP contribution in [0.3, 0.4) is 0 Å². The molecular weight excluding hydrogens is 221 g/mol. The maximum atomic E-state index is 12.8. The molecule has 0 aliphatic carbocycles. The van der Waals surface area contributed by atoms with Crippen LogP contribution in [0.2, 0.25) is 0 Å². The monoisotopic (exact) mass is 238 g/mol. The summed E-state index contributed by atoms with van der Waals surface area (Å²) in [6.45, 7) is 5.98. The van der Waals surface area contributed by atoms with E-state index in [1.54, 1.807) is 0 Å². The standard InChI is InChI=1S/C11H17F3O2/c1-4-6-7-8-10(5-2,11(12,13)14)16-9(3)15/h5H,2,4,6-8H2,1,3H3. The van der Waals surface area contributed by atoms with E-state index in [-0.39, 0.29) is 6.42 Å². The third kappa shape index (κ3) is 3.87. The number of halogens is 3. The maximum Gasteiger partial charge on any atom is 0.432 e. The molecule has 0 saturated carbocycles. The van der Waals surface area contributed by atoms with Crippen LogP contribution in [-0.4, -0.2) is 17.7 Å². The Morgan fingerprint density at radius 3 is 2.25 bits per heavy atom. The first kappa shape index (κ1) is 15.0. The van der Waals surface area contributed by atoms with Gasteiger partial charge < -0.3 is 4.74 Å². The molecule has 0 bridgehead atoms. The smallest absolute Gasteiger partial charge is 0.432 e. The number of hydrogen-bond acceptors (Lipinski definition) is 2. The Balaban J connectivity index is 4.82. The molecule has 0 heterocycles. The number of carbonyl (C=O) groups is 1. The molecular formula is C11H17F3O2. The quantitative estimate of drug-likeness (QED) is 0.401. The molecule has 0 radical (unpaired) electrons. The average molecular weight is 238 g/mol. The summed E-state index contributed by atoms with van der Waals surface area (Å²) >= 11 is 0. The van der Waals surface area contributed by atoms with Crippen LogP contribution in [0.5, 0.6) is 0 Å². The van der Waals surface area contributed by atoms with E-state index >= 15 is 0 Å². The van der Waals surface area contributed by atoms with Gasteiger partial charge in [-0.1, -0.05) is 26.3 Å². The van der Waals surface area contributed by atoms with Crippen molar-refractivity contribution in [1.29, 1.82) is 0 Å². The van der Waals surface area contributed by atoms with Crippen LogP contribution in [0, 0.1) is 0 Å². The van der Waals surface area contributed by atoms with Gasteiger partial charge in [-0.05, 0) is 12.5 Å². The highest BCUT2D eigenvalue weighted by molar-refractivity contribution is 5.67. The van der Waals surface area contributed by atoms with Gasteiger partial charge in [-0.2, -0.15) is 13.2 Å². The summed E-state index contributed by atoms with van der Waals surface area (Å²) in [4.78, 5) is 10.7. The van der Waals surface area contributed by atoms with Gasteiger partial charge in [-0.25, -0.2) is 0 Å². The first-order chi connectivity index (χ1) is 7.29. The first-order valence-corrected chi connectivity index (χ1v) is 5.19. The van der Waals surface area contributed by atoms with Gasteiger partial charge in [-0.15, -0.1) is 0 Å². The molecule has 1 atom stereocenters. The predicted molar refractivity (Wildman–Crippen MR) is 54.9 cm³/mol. The number of ether oxygens (including phenoxy) is 1. The molecule has 0 fully saturated rings. The van der Waals surface area contributed by atoms with Crippen LogP contribution in [-0.2, 0) is 9.53 Å². The van der Waals surface area contributed by atoms with E-state index in [1.807, 2.05) is 6.92 Å². The van der Waals surface area contributed by atoms with Gasteiger partial charge in [-0.3, -0.25) is 4.79 Å². The second-order valence-corrected chi connectivity index (χ2v) is 3.64. The summed E-state index contributed by atoms with van der Waals surface area (Å²) in [5.74, 6) is -0.950. The SMILES string of the molecule is C=CC(CCCCC)(OC(C)=O)C(F)(F)F. The third-order valence-corrected chi connectivity index (χ3v) is 2.29. The van der Waals surface area contributed by atoms with Crippen LogP contribution >= 0.6 is 0 Å². The average Bonchev–Trinajstić information content (AvgIpc) is 2.14. The summed E-state index contributed by atoms with van der Waals surface area (Å²) in [6.07, 6.45) is -2.42. The number of alkyl halides is 3. The van der Waals surface area contributed by atoms with E-state index in [9.17, 15) is 18.0 Å². The predicted octanol–water partition coefficient (Wildman–Crippen LogP) is 3.62. The zero-order chi connectivity index (χ0) is 12.8. The molecule has 0 rings (SSSR count). The molecule has 0 aliphatic rings. The van der Waals surface area contributed by atoms with Gasteiger partial charge in [0.25, 0.3) is 0 Å². The molecule has 0 aromatic rings. The van der Waals surface area contributed by atoms with Crippen molar-refractivity contribution in [2.45, 2.75) is 51.3 Å². The van der Waals surface area contributed by atoms with Crippen LogP contribution < -0.4 is 0 Å². The zero-order valence-electron chi connectivity index (χ0n) is 9.56. The van der Waals surface area contributed by atoms with E-state index in [1.165, 1.54) is 0 Å². The number of rotatable bonds is 6. The summed E-state index contributed by atoms with van der Waals surface area (Å²) in [7, 11) is 0. The van der Waals surface area contributed by atoms with E-state index in [2.05, 4.69) is 11.3 Å². The van der Waals surface area contributed by atoms with Crippen LogP contribution in [0.25, 0.3) is 0 Å². The molecule has 0 aliphatic heterocycles. The number of carbonyl (C=O) groups excluding carboxylic acids is 1. The van der Waals surface area contributed by atoms with Crippen molar-refractivity contribution in [1.82, 2.24) is 0 Å². The van der Waals surface area contributed by atoms with Crippen molar-refractivity contribution in [3.05, 3.63) is 12.7 Å². The van der Waals surface area contributed by atoms with Crippen molar-refractivity contribution in [2.75, 3.05) is 0 Å². The van der Waals surface area contributed by atoms with Crippen molar-refractivity contribution in [3.63, 3.8) is 0 Å². The van der Waals surface area contributed by atoms with Gasteiger partial charge in [0.15, 0.2) is 0 Å². The fraction of sp³-hybridized carbons (Fsp3) is 0.727. The minimum atomic E-state index is -4.62. The lowest BCUT2D eigenvalue weighted by molar-refractivity contribution is -0.253. The number of esters is 1. The minimum Gasteiger partial charge on any atom is -0.445 e. The Kier molecular flexibility index (Phi) is 5.55. The molecule has 0 saturated heterocycles. The molecule has 94 valence electrons. The minimum absolute atomic E-state index is 0.270. The highest BCUT2D eigenvalue weighted by Gasteiger charge is 2.55. The molecule has 5 heteroatoms. The second kappa shape index (κ2) is 5.92. The van der Waals surface area contributed by atoms with Crippen molar-refractivity contribution in [3.8, 4) is 0 Å². The lowest BCUT2D eigenvalue weighted by Gasteiger charge is -2.32. The van der Waals surface area contributed by atoms with E-state index in [4.69, 9.17) is 0 Å². The van der Waals surface area contributed by atoms with E-state index in [0.29, 0.717) is 18.9 Å². The van der Waals surface area contributed by atoms with Crippen LogP contribution in [0.1, 0.15) is 39.5 Å². The Morgan fingerprint density at radius 2 is 1.94 bits per heavy atom. The van der Waals surface area contributed by atoms with Crippen LogP contribution in [0.15, 0.2) is 12.7 Å². The van der Waals surface area contributed by atoms with E-state index in [0.717, 1.165) is 13.3 Å². The molecule has 1 unspecified atom stereocenters. The number of hydrogen-bond donors (Lipinski definition) is 0. The molecule has 0 spiro atoms. The van der Waals surface area contributed by atoms with Crippen molar-refractivity contribution < 1.29 is 22.7 Å². The highest BCUT2D eigenvalue weighted by atomic mass is 19.4. The summed E-state index contributed by atoms with van der Waals surface area (Å²) in [5, 5.41) is 0. The van der Waals surface area contributed by atoms with E-state index < -0.39 is 17.7 Å². The Labute approximate surface area is 93.5 Å². The fourth-order valence-electron chi connectivity index (χ4n) is 1.40. The van der Waals surface area contributed by atoms with Crippen molar-refractivity contribution >= 4 is 5.97 Å². The molecule has 2 nitrogen and oxygen atoms in total. The number of unbranched alkanes of at least 4 members (excludes halogenated alkanes) is 2. The molecule has 0 N–H and O–H groups in total. The summed E-state index contributed by atoms with van der Waals surface area (Å²) < 4.78 is 42.9. The van der Waals surface area contributed by atoms with Crippen molar-refractivity contribution in [2.24, 2.45) is 0 Å². The Hall–Kier alpha value is -1.00. The topological polar surface area (TPSA) is 26.3 Å². The summed E-state index contributed by atoms with van der Waals surface area (Å²) in [6, 6.07) is 0. The molecule has 0 aromatic heterocycles. The maximum absolute atomic E-state index is 12.8. The normalized spacial score (nSPS) is 15.3. The summed E-state index contributed by atoms with van der Waals surface area (Å²) in [5.41, 5.74) is -2.53. The Morgan fingerprint density at radius 1 is 1.38 bits per heavy atom. The van der Waals surface area contributed by atoms with Gasteiger partial charge in [0.2, 0.25) is 5.60 Å². The van der Waals surface area contributed by atoms with Gasteiger partial charge in [0.1, 0.15) is 0 Å². The van der Waals surface area contributed by atoms with Gasteiger partial charge in [0, 0.05) is 13.3 Å². The van der Waals surface area contributed by atoms with Gasteiger partial charge >= 0.3 is 12.1 Å². The van der Waals surface area contributed by atoms with Gasteiger partial charge in [0.05, 0.1) is 0 Å². The lowest BCUT2D eigenvalue weighted by Crippen LogP contribution is -2.47. The largest absolute Gasteiger partial charge is 0.445 e. The third-order valence-electron chi connectivity index (χ3n) is 2.29.